The van der Waals surface area contributed by atoms with Crippen molar-refractivity contribution in [2.75, 3.05) is 0 Å². The number of carbonyl (C=O) groups excluding carboxylic acids is 1. The number of rotatable bonds is 3. The molecule has 0 spiro atoms. The van der Waals surface area contributed by atoms with Gasteiger partial charge in [-0.3, -0.25) is 4.79 Å². The van der Waals surface area contributed by atoms with Crippen molar-refractivity contribution in [3.8, 4) is 29.6 Å². The predicted molar refractivity (Wildman–Crippen MR) is 85.5 cm³/mol. The lowest BCUT2D eigenvalue weighted by atomic mass is 10.0. The van der Waals surface area contributed by atoms with Crippen molar-refractivity contribution in [1.29, 1.82) is 0 Å². The first-order valence-electron chi connectivity index (χ1n) is 6.66. The Bertz CT molecular complexity index is 887. The normalized spacial score (nSPS) is 10.1. The van der Waals surface area contributed by atoms with Gasteiger partial charge in [0.15, 0.2) is 6.29 Å². The molecule has 0 bridgehead atoms. The van der Waals surface area contributed by atoms with E-state index < -0.39 is 0 Å². The fraction of sp³-hybridized carbons (Fsp3) is 0. The topological polar surface area (TPSA) is 46.5 Å². The minimum atomic E-state index is -0.0268. The molecule has 0 atom stereocenters. The molecule has 0 saturated heterocycles. The number of ether oxygens (including phenoxy) is 1. The summed E-state index contributed by atoms with van der Waals surface area (Å²) in [5.41, 5.74) is 1.07. The van der Waals surface area contributed by atoms with Gasteiger partial charge in [0.1, 0.15) is 17.2 Å². The van der Waals surface area contributed by atoms with Crippen LogP contribution in [0.25, 0.3) is 10.8 Å². The van der Waals surface area contributed by atoms with Crippen molar-refractivity contribution < 1.29 is 14.6 Å². The van der Waals surface area contributed by atoms with Gasteiger partial charge in [-0.05, 0) is 59.3 Å². The third kappa shape index (κ3) is 2.50. The summed E-state index contributed by atoms with van der Waals surface area (Å²) in [5.74, 6) is 3.84. The van der Waals surface area contributed by atoms with Crippen molar-refractivity contribution in [3.63, 3.8) is 0 Å². The van der Waals surface area contributed by atoms with Gasteiger partial charge in [-0.15, -0.1) is 6.42 Å². The quantitative estimate of drug-likeness (QED) is 0.582. The van der Waals surface area contributed by atoms with Crippen molar-refractivity contribution >= 4 is 17.1 Å². The number of aromatic hydroxyl groups is 1. The van der Waals surface area contributed by atoms with Crippen molar-refractivity contribution in [2.24, 2.45) is 0 Å². The maximum atomic E-state index is 11.1. The number of hydrogen-bond donors (Lipinski definition) is 1. The number of benzene rings is 3. The van der Waals surface area contributed by atoms with Crippen molar-refractivity contribution in [3.05, 3.63) is 65.7 Å². The zero-order valence-electron chi connectivity index (χ0n) is 11.6. The molecule has 0 aliphatic carbocycles. The SMILES string of the molecule is C#Cc1ccc(Oc2ccc3c(C=O)c(O)ccc3c2)cc1. The van der Waals surface area contributed by atoms with E-state index >= 15 is 0 Å². The van der Waals surface area contributed by atoms with Gasteiger partial charge in [0.05, 0.1) is 5.56 Å². The molecule has 3 nitrogen and oxygen atoms in total. The molecule has 0 radical (unpaired) electrons. The van der Waals surface area contributed by atoms with Gasteiger partial charge < -0.3 is 9.84 Å². The van der Waals surface area contributed by atoms with Gasteiger partial charge in [-0.25, -0.2) is 0 Å². The lowest BCUT2D eigenvalue weighted by Crippen LogP contribution is -1.88. The number of carbonyl (C=O) groups is 1. The molecular formula is C19H12O3. The fourth-order valence-electron chi connectivity index (χ4n) is 2.26. The fourth-order valence-corrected chi connectivity index (χ4v) is 2.26. The zero-order chi connectivity index (χ0) is 15.5. The third-order valence-corrected chi connectivity index (χ3v) is 3.38. The summed E-state index contributed by atoms with van der Waals surface area (Å²) in [6.45, 7) is 0. The molecule has 1 N–H and O–H groups in total. The second-order valence-electron chi connectivity index (χ2n) is 4.77. The molecule has 0 aliphatic rings. The zero-order valence-corrected chi connectivity index (χ0v) is 11.6. The minimum Gasteiger partial charge on any atom is -0.507 e. The highest BCUT2D eigenvalue weighted by atomic mass is 16.5. The lowest BCUT2D eigenvalue weighted by Gasteiger charge is -2.08. The summed E-state index contributed by atoms with van der Waals surface area (Å²) in [4.78, 5) is 11.1. The second-order valence-corrected chi connectivity index (χ2v) is 4.77. The van der Waals surface area contributed by atoms with E-state index in [1.165, 1.54) is 6.07 Å². The van der Waals surface area contributed by atoms with Crippen LogP contribution >= 0.6 is 0 Å². The maximum Gasteiger partial charge on any atom is 0.154 e. The Labute approximate surface area is 127 Å². The number of phenolic OH excluding ortho intramolecular Hbond substituents is 1. The summed E-state index contributed by atoms with van der Waals surface area (Å²) in [6, 6.07) is 15.8. The monoisotopic (exact) mass is 288 g/mol. The molecule has 0 aromatic heterocycles. The first-order valence-corrected chi connectivity index (χ1v) is 6.66. The van der Waals surface area contributed by atoms with Crippen LogP contribution in [0.2, 0.25) is 0 Å². The Balaban J connectivity index is 1.96. The van der Waals surface area contributed by atoms with Crippen LogP contribution in [0, 0.1) is 12.3 Å². The molecule has 0 unspecified atom stereocenters. The molecular weight excluding hydrogens is 276 g/mol. The lowest BCUT2D eigenvalue weighted by molar-refractivity contribution is 0.112. The van der Waals surface area contributed by atoms with Gasteiger partial charge in [0.25, 0.3) is 0 Å². The van der Waals surface area contributed by atoms with E-state index in [9.17, 15) is 9.90 Å². The van der Waals surface area contributed by atoms with Crippen molar-refractivity contribution in [2.45, 2.75) is 0 Å². The van der Waals surface area contributed by atoms with Crippen LogP contribution < -0.4 is 4.74 Å². The van der Waals surface area contributed by atoms with Crippen LogP contribution in [0.4, 0.5) is 0 Å². The number of phenols is 1. The standard InChI is InChI=1S/C19H12O3/c1-2-13-3-6-15(7-4-13)22-16-8-9-17-14(11-16)5-10-19(21)18(17)12-20/h1,3-12,21H. The summed E-state index contributed by atoms with van der Waals surface area (Å²) in [7, 11) is 0. The number of terminal acetylenes is 1. The molecule has 0 amide bonds. The number of aldehydes is 1. The molecule has 0 heterocycles. The number of fused-ring (bicyclic) bond motifs is 1. The second kappa shape index (κ2) is 5.63. The van der Waals surface area contributed by atoms with Crippen LogP contribution in [0.15, 0.2) is 54.6 Å². The molecule has 106 valence electrons. The number of hydrogen-bond acceptors (Lipinski definition) is 3. The highest BCUT2D eigenvalue weighted by Gasteiger charge is 2.07. The molecule has 0 aliphatic heterocycles. The van der Waals surface area contributed by atoms with Crippen LogP contribution in [0.3, 0.4) is 0 Å². The Morgan fingerprint density at radius 3 is 2.41 bits per heavy atom. The van der Waals surface area contributed by atoms with Crippen LogP contribution in [0.1, 0.15) is 15.9 Å². The first kappa shape index (κ1) is 13.7. The van der Waals surface area contributed by atoms with E-state index in [2.05, 4.69) is 5.92 Å². The van der Waals surface area contributed by atoms with E-state index in [1.54, 1.807) is 42.5 Å². The van der Waals surface area contributed by atoms with E-state index in [1.807, 2.05) is 6.07 Å². The largest absolute Gasteiger partial charge is 0.507 e. The predicted octanol–water partition coefficient (Wildman–Crippen LogP) is 4.13. The molecule has 22 heavy (non-hydrogen) atoms. The van der Waals surface area contributed by atoms with Crippen LogP contribution in [-0.2, 0) is 0 Å². The smallest absolute Gasteiger partial charge is 0.154 e. The summed E-state index contributed by atoms with van der Waals surface area (Å²) in [5, 5.41) is 11.2. The third-order valence-electron chi connectivity index (χ3n) is 3.38. The molecule has 3 aromatic carbocycles. The van der Waals surface area contributed by atoms with Gasteiger partial charge in [-0.2, -0.15) is 0 Å². The highest BCUT2D eigenvalue weighted by Crippen LogP contribution is 2.30. The van der Waals surface area contributed by atoms with Gasteiger partial charge >= 0.3 is 0 Å². The average Bonchev–Trinajstić information content (AvgIpc) is 2.55. The summed E-state index contributed by atoms with van der Waals surface area (Å²) < 4.78 is 5.77. The Hall–Kier alpha value is -3.25. The summed E-state index contributed by atoms with van der Waals surface area (Å²) in [6.07, 6.45) is 5.96. The molecule has 0 fully saturated rings. The van der Waals surface area contributed by atoms with Gasteiger partial charge in [0, 0.05) is 5.56 Å². The van der Waals surface area contributed by atoms with E-state index in [4.69, 9.17) is 11.2 Å². The van der Waals surface area contributed by atoms with Crippen LogP contribution in [0.5, 0.6) is 17.2 Å². The highest BCUT2D eigenvalue weighted by molar-refractivity contribution is 6.01. The first-order chi connectivity index (χ1) is 10.7. The Morgan fingerprint density at radius 1 is 1.00 bits per heavy atom. The Kier molecular flexibility index (Phi) is 3.51. The van der Waals surface area contributed by atoms with E-state index in [0.29, 0.717) is 23.2 Å². The molecule has 3 aromatic rings. The Morgan fingerprint density at radius 2 is 1.73 bits per heavy atom. The molecule has 3 heteroatoms. The van der Waals surface area contributed by atoms with Crippen molar-refractivity contribution in [1.82, 2.24) is 0 Å². The molecule has 3 rings (SSSR count). The maximum absolute atomic E-state index is 11.1. The van der Waals surface area contributed by atoms with Gasteiger partial charge in [0.2, 0.25) is 0 Å². The van der Waals surface area contributed by atoms with E-state index in [0.717, 1.165) is 10.9 Å². The van der Waals surface area contributed by atoms with E-state index in [-0.39, 0.29) is 11.3 Å². The van der Waals surface area contributed by atoms with Gasteiger partial charge in [-0.1, -0.05) is 12.0 Å². The minimum absolute atomic E-state index is 0.0268. The van der Waals surface area contributed by atoms with Crippen LogP contribution in [-0.4, -0.2) is 11.4 Å². The average molecular weight is 288 g/mol. The molecule has 0 saturated carbocycles. The summed E-state index contributed by atoms with van der Waals surface area (Å²) >= 11 is 0.